The number of nitro benzene ring substituents is 1. The summed E-state index contributed by atoms with van der Waals surface area (Å²) in [4.78, 5) is 26.8. The molecule has 0 saturated heterocycles. The molecule has 0 aliphatic heterocycles. The van der Waals surface area contributed by atoms with E-state index >= 15 is 0 Å². The first-order valence-corrected chi connectivity index (χ1v) is 8.65. The van der Waals surface area contributed by atoms with E-state index in [1.165, 1.54) is 35.1 Å². The Hall–Kier alpha value is -3.17. The third-order valence-electron chi connectivity index (χ3n) is 3.51. The smallest absolute Gasteiger partial charge is 0.310 e. The number of hydrogen-bond donors (Lipinski definition) is 1. The second-order valence-corrected chi connectivity index (χ2v) is 6.45. The fourth-order valence-electron chi connectivity index (χ4n) is 2.37. The van der Waals surface area contributed by atoms with Crippen molar-refractivity contribution in [3.05, 3.63) is 68.4 Å². The fourth-order valence-corrected chi connectivity index (χ4v) is 2.83. The molecule has 0 atom stereocenters. The van der Waals surface area contributed by atoms with Gasteiger partial charge in [0, 0.05) is 18.3 Å². The molecular weight excluding hydrogens is 409 g/mol. The number of nitro groups is 1. The van der Waals surface area contributed by atoms with E-state index in [4.69, 9.17) is 27.9 Å². The predicted octanol–water partition coefficient (Wildman–Crippen LogP) is 3.81. The van der Waals surface area contributed by atoms with Gasteiger partial charge >= 0.3 is 5.69 Å². The van der Waals surface area contributed by atoms with Crippen molar-refractivity contribution in [3.8, 4) is 11.6 Å². The van der Waals surface area contributed by atoms with Gasteiger partial charge in [0.15, 0.2) is 18.2 Å². The van der Waals surface area contributed by atoms with Crippen LogP contribution < -0.4 is 10.1 Å². The third-order valence-corrected chi connectivity index (χ3v) is 3.99. The minimum atomic E-state index is -0.583. The summed E-state index contributed by atoms with van der Waals surface area (Å²) in [5.41, 5.74) is 0.385. The van der Waals surface area contributed by atoms with Crippen molar-refractivity contribution < 1.29 is 14.5 Å². The van der Waals surface area contributed by atoms with Crippen LogP contribution in [0, 0.1) is 17.0 Å². The number of aryl methyl sites for hydroxylation is 1. The minimum absolute atomic E-state index is 0.00486. The molecule has 0 saturated carbocycles. The van der Waals surface area contributed by atoms with Crippen molar-refractivity contribution in [1.82, 2.24) is 14.8 Å². The summed E-state index contributed by atoms with van der Waals surface area (Å²) in [6.07, 6.45) is 1.41. The molecule has 9 nitrogen and oxygen atoms in total. The molecule has 0 aliphatic rings. The lowest BCUT2D eigenvalue weighted by Crippen LogP contribution is -2.22. The van der Waals surface area contributed by atoms with Gasteiger partial charge in [0.25, 0.3) is 5.91 Å². The molecule has 0 spiro atoms. The number of rotatable bonds is 6. The Morgan fingerprint density at radius 2 is 2.07 bits per heavy atom. The summed E-state index contributed by atoms with van der Waals surface area (Å²) in [6, 6.07) is 8.92. The monoisotopic (exact) mass is 421 g/mol. The summed E-state index contributed by atoms with van der Waals surface area (Å²) in [6.45, 7) is 1.30. The van der Waals surface area contributed by atoms with Gasteiger partial charge in [-0.25, -0.2) is 4.98 Å². The Balaban J connectivity index is 1.76. The standard InChI is InChI=1S/C17H13Cl2N5O4/c1-10-6-15(23(22-10)17-12(19)7-11(18)8-20-17)21-16(25)9-28-14-5-3-2-4-13(14)24(26)27/h2-8H,9H2,1H3,(H,21,25). The molecule has 28 heavy (non-hydrogen) atoms. The number of ether oxygens (including phenoxy) is 1. The first kappa shape index (κ1) is 19.6. The number of anilines is 1. The molecule has 2 heterocycles. The Kier molecular flexibility index (Phi) is 5.76. The van der Waals surface area contributed by atoms with Crippen LogP contribution in [-0.2, 0) is 4.79 Å². The summed E-state index contributed by atoms with van der Waals surface area (Å²) >= 11 is 12.0. The molecule has 1 amide bonds. The van der Waals surface area contributed by atoms with E-state index in [0.717, 1.165) is 0 Å². The molecule has 2 aromatic heterocycles. The average Bonchev–Trinajstić information content (AvgIpc) is 3.00. The third kappa shape index (κ3) is 4.38. The number of benzene rings is 1. The van der Waals surface area contributed by atoms with Crippen LogP contribution in [-0.4, -0.2) is 32.2 Å². The molecular formula is C17H13Cl2N5O4. The predicted molar refractivity (Wildman–Crippen MR) is 103 cm³/mol. The van der Waals surface area contributed by atoms with E-state index in [0.29, 0.717) is 16.5 Å². The minimum Gasteiger partial charge on any atom is -0.477 e. The van der Waals surface area contributed by atoms with Crippen LogP contribution in [0.1, 0.15) is 5.69 Å². The second kappa shape index (κ2) is 8.24. The van der Waals surface area contributed by atoms with Gasteiger partial charge in [0.1, 0.15) is 5.82 Å². The Morgan fingerprint density at radius 1 is 1.32 bits per heavy atom. The maximum atomic E-state index is 12.3. The number of para-hydroxylation sites is 2. The van der Waals surface area contributed by atoms with Crippen molar-refractivity contribution >= 4 is 40.6 Å². The number of halogens is 2. The first-order chi connectivity index (χ1) is 13.3. The Morgan fingerprint density at radius 3 is 2.79 bits per heavy atom. The van der Waals surface area contributed by atoms with Gasteiger partial charge in [-0.3, -0.25) is 14.9 Å². The summed E-state index contributed by atoms with van der Waals surface area (Å²) < 4.78 is 6.64. The highest BCUT2D eigenvalue weighted by Crippen LogP contribution is 2.26. The van der Waals surface area contributed by atoms with Crippen molar-refractivity contribution in [2.45, 2.75) is 6.92 Å². The van der Waals surface area contributed by atoms with Crippen LogP contribution >= 0.6 is 23.2 Å². The van der Waals surface area contributed by atoms with E-state index in [2.05, 4.69) is 15.4 Å². The molecule has 144 valence electrons. The van der Waals surface area contributed by atoms with Crippen molar-refractivity contribution in [3.63, 3.8) is 0 Å². The molecule has 0 bridgehead atoms. The van der Waals surface area contributed by atoms with Gasteiger partial charge in [0.05, 0.1) is 20.7 Å². The zero-order valence-electron chi connectivity index (χ0n) is 14.4. The van der Waals surface area contributed by atoms with Crippen molar-refractivity contribution in [1.29, 1.82) is 0 Å². The lowest BCUT2D eigenvalue weighted by atomic mass is 10.3. The number of carbonyl (C=O) groups is 1. The van der Waals surface area contributed by atoms with Gasteiger partial charge in [-0.1, -0.05) is 35.3 Å². The van der Waals surface area contributed by atoms with Crippen LogP contribution in [0.15, 0.2) is 42.6 Å². The lowest BCUT2D eigenvalue weighted by molar-refractivity contribution is -0.385. The number of nitrogens with one attached hydrogen (secondary N) is 1. The zero-order valence-corrected chi connectivity index (χ0v) is 15.9. The van der Waals surface area contributed by atoms with Gasteiger partial charge in [0.2, 0.25) is 0 Å². The summed E-state index contributed by atoms with van der Waals surface area (Å²) in [7, 11) is 0. The lowest BCUT2D eigenvalue weighted by Gasteiger charge is -2.10. The first-order valence-electron chi connectivity index (χ1n) is 7.89. The van der Waals surface area contributed by atoms with E-state index in [1.54, 1.807) is 19.1 Å². The summed E-state index contributed by atoms with van der Waals surface area (Å²) in [5, 5.41) is 18.5. The highest BCUT2D eigenvalue weighted by molar-refractivity contribution is 6.35. The molecule has 1 aromatic carbocycles. The number of amides is 1. The zero-order chi connectivity index (χ0) is 20.3. The Bertz CT molecular complexity index is 1050. The van der Waals surface area contributed by atoms with E-state index < -0.39 is 17.4 Å². The SMILES string of the molecule is Cc1cc(NC(=O)COc2ccccc2[N+](=O)[O-])n(-c2ncc(Cl)cc2Cl)n1. The fraction of sp³-hybridized carbons (Fsp3) is 0.118. The van der Waals surface area contributed by atoms with E-state index in [-0.39, 0.29) is 22.3 Å². The quantitative estimate of drug-likeness (QED) is 0.478. The highest BCUT2D eigenvalue weighted by atomic mass is 35.5. The Labute approximate surface area is 169 Å². The van der Waals surface area contributed by atoms with Crippen molar-refractivity contribution in [2.75, 3.05) is 11.9 Å². The molecule has 3 rings (SSSR count). The van der Waals surface area contributed by atoms with Gasteiger partial charge in [-0.05, 0) is 19.1 Å². The largest absolute Gasteiger partial charge is 0.477 e. The van der Waals surface area contributed by atoms with E-state index in [1.807, 2.05) is 0 Å². The average molecular weight is 422 g/mol. The number of nitrogens with zero attached hydrogens (tertiary/aromatic N) is 4. The molecule has 0 fully saturated rings. The molecule has 0 aliphatic carbocycles. The second-order valence-electron chi connectivity index (χ2n) is 5.60. The number of carbonyl (C=O) groups excluding carboxylic acids is 1. The summed E-state index contributed by atoms with van der Waals surface area (Å²) in [5.74, 6) is 0.0543. The van der Waals surface area contributed by atoms with Crippen LogP contribution in [0.5, 0.6) is 5.75 Å². The molecule has 3 aromatic rings. The maximum absolute atomic E-state index is 12.3. The molecule has 1 N–H and O–H groups in total. The van der Waals surface area contributed by atoms with Crippen molar-refractivity contribution in [2.24, 2.45) is 0 Å². The van der Waals surface area contributed by atoms with Crippen LogP contribution in [0.25, 0.3) is 5.82 Å². The molecule has 11 heteroatoms. The van der Waals surface area contributed by atoms with Crippen LogP contribution in [0.2, 0.25) is 10.0 Å². The molecule has 0 radical (unpaired) electrons. The highest BCUT2D eigenvalue weighted by Gasteiger charge is 2.17. The number of hydrogen-bond acceptors (Lipinski definition) is 6. The number of pyridine rings is 1. The van der Waals surface area contributed by atoms with E-state index in [9.17, 15) is 14.9 Å². The normalized spacial score (nSPS) is 10.5. The van der Waals surface area contributed by atoms with Gasteiger partial charge < -0.3 is 10.1 Å². The topological polar surface area (TPSA) is 112 Å². The van der Waals surface area contributed by atoms with Crippen LogP contribution in [0.4, 0.5) is 11.5 Å². The van der Waals surface area contributed by atoms with Gasteiger partial charge in [-0.15, -0.1) is 0 Å². The molecule has 0 unspecified atom stereocenters. The van der Waals surface area contributed by atoms with Crippen LogP contribution in [0.3, 0.4) is 0 Å². The maximum Gasteiger partial charge on any atom is 0.310 e. The van der Waals surface area contributed by atoms with Gasteiger partial charge in [-0.2, -0.15) is 9.78 Å². The number of aromatic nitrogens is 3.